The van der Waals surface area contributed by atoms with E-state index in [1.165, 1.54) is 0 Å². The summed E-state index contributed by atoms with van der Waals surface area (Å²) in [5, 5.41) is 9.45. The standard InChI is InChI=1S/C18H16ClN7/c19-15-10-14(11-20)12-22-18(15)25-8-6-24(7-9-25)16-2-1-3-17(23-16)26-5-4-21-13-26/h1-5,10,12-13H,6-9H2. The Morgan fingerprint density at radius 3 is 2.54 bits per heavy atom. The van der Waals surface area contributed by atoms with Crippen LogP contribution < -0.4 is 9.80 Å². The molecule has 4 heterocycles. The van der Waals surface area contributed by atoms with Crippen LogP contribution in [0.4, 0.5) is 11.6 Å². The minimum absolute atomic E-state index is 0.470. The zero-order valence-corrected chi connectivity index (χ0v) is 14.7. The number of nitrogens with zero attached hydrogens (tertiary/aromatic N) is 7. The van der Waals surface area contributed by atoms with Crippen molar-refractivity contribution in [3.8, 4) is 11.9 Å². The molecule has 0 bridgehead atoms. The molecule has 3 aromatic heterocycles. The summed E-state index contributed by atoms with van der Waals surface area (Å²) in [4.78, 5) is 17.5. The van der Waals surface area contributed by atoms with Gasteiger partial charge in [-0.1, -0.05) is 17.7 Å². The summed E-state index contributed by atoms with van der Waals surface area (Å²) in [5.41, 5.74) is 0.470. The van der Waals surface area contributed by atoms with Gasteiger partial charge in [0.2, 0.25) is 0 Å². The van der Waals surface area contributed by atoms with Crippen LogP contribution in [0.1, 0.15) is 5.56 Å². The summed E-state index contributed by atoms with van der Waals surface area (Å²) < 4.78 is 1.89. The Morgan fingerprint density at radius 2 is 1.85 bits per heavy atom. The van der Waals surface area contributed by atoms with Crippen LogP contribution in [-0.2, 0) is 0 Å². The Bertz CT molecular complexity index is 940. The number of pyridine rings is 2. The van der Waals surface area contributed by atoms with E-state index in [0.29, 0.717) is 10.6 Å². The minimum atomic E-state index is 0.470. The zero-order chi connectivity index (χ0) is 17.9. The van der Waals surface area contributed by atoms with Crippen molar-refractivity contribution in [1.29, 1.82) is 5.26 Å². The number of rotatable bonds is 3. The molecule has 0 aromatic carbocycles. The summed E-state index contributed by atoms with van der Waals surface area (Å²) >= 11 is 6.28. The molecule has 0 radical (unpaired) electrons. The maximum absolute atomic E-state index is 8.93. The van der Waals surface area contributed by atoms with Crippen molar-refractivity contribution >= 4 is 23.2 Å². The molecule has 0 amide bonds. The molecule has 0 spiro atoms. The highest BCUT2D eigenvalue weighted by Crippen LogP contribution is 2.26. The molecule has 0 aliphatic carbocycles. The van der Waals surface area contributed by atoms with E-state index >= 15 is 0 Å². The number of anilines is 2. The average molecular weight is 366 g/mol. The second-order valence-corrected chi connectivity index (χ2v) is 6.35. The quantitative estimate of drug-likeness (QED) is 0.710. The van der Waals surface area contributed by atoms with Crippen molar-refractivity contribution in [2.45, 2.75) is 0 Å². The van der Waals surface area contributed by atoms with E-state index in [9.17, 15) is 0 Å². The molecule has 130 valence electrons. The third-order valence-electron chi connectivity index (χ3n) is 4.34. The average Bonchev–Trinajstić information content (AvgIpc) is 3.23. The lowest BCUT2D eigenvalue weighted by molar-refractivity contribution is 0.641. The van der Waals surface area contributed by atoms with E-state index in [0.717, 1.165) is 43.6 Å². The lowest BCUT2D eigenvalue weighted by Gasteiger charge is -2.36. The molecule has 1 fully saturated rings. The predicted molar refractivity (Wildman–Crippen MR) is 99.7 cm³/mol. The van der Waals surface area contributed by atoms with Crippen molar-refractivity contribution in [1.82, 2.24) is 19.5 Å². The van der Waals surface area contributed by atoms with Gasteiger partial charge in [0, 0.05) is 44.8 Å². The van der Waals surface area contributed by atoms with Crippen molar-refractivity contribution in [3.05, 3.63) is 59.8 Å². The summed E-state index contributed by atoms with van der Waals surface area (Å²) in [6.45, 7) is 3.21. The van der Waals surface area contributed by atoms with E-state index in [4.69, 9.17) is 21.8 Å². The predicted octanol–water partition coefficient (Wildman–Crippen LogP) is 2.51. The molecule has 4 rings (SSSR count). The van der Waals surface area contributed by atoms with Gasteiger partial charge >= 0.3 is 0 Å². The molecule has 1 aliphatic heterocycles. The maximum atomic E-state index is 8.93. The Hall–Kier alpha value is -3.11. The van der Waals surface area contributed by atoms with E-state index in [2.05, 4.69) is 25.8 Å². The normalized spacial score (nSPS) is 14.3. The first-order valence-corrected chi connectivity index (χ1v) is 8.63. The first-order chi connectivity index (χ1) is 12.7. The van der Waals surface area contributed by atoms with Crippen LogP contribution in [0.3, 0.4) is 0 Å². The highest BCUT2D eigenvalue weighted by atomic mass is 35.5. The lowest BCUT2D eigenvalue weighted by atomic mass is 10.2. The SMILES string of the molecule is N#Cc1cnc(N2CCN(c3cccc(-n4ccnc4)n3)CC2)c(Cl)c1. The second-order valence-electron chi connectivity index (χ2n) is 5.94. The first kappa shape index (κ1) is 16.4. The molecule has 0 unspecified atom stereocenters. The molecule has 8 heteroatoms. The van der Waals surface area contributed by atoms with Gasteiger partial charge in [0.25, 0.3) is 0 Å². The monoisotopic (exact) mass is 365 g/mol. The smallest absolute Gasteiger partial charge is 0.147 e. The molecule has 0 saturated carbocycles. The Labute approximate surface area is 156 Å². The number of hydrogen-bond donors (Lipinski definition) is 0. The number of nitriles is 1. The molecular weight excluding hydrogens is 350 g/mol. The van der Waals surface area contributed by atoms with E-state index < -0.39 is 0 Å². The van der Waals surface area contributed by atoms with Gasteiger partial charge in [-0.3, -0.25) is 4.57 Å². The van der Waals surface area contributed by atoms with Gasteiger partial charge in [-0.05, 0) is 18.2 Å². The van der Waals surface area contributed by atoms with Gasteiger partial charge in [-0.15, -0.1) is 0 Å². The van der Waals surface area contributed by atoms with Crippen molar-refractivity contribution in [2.75, 3.05) is 36.0 Å². The van der Waals surface area contributed by atoms with Crippen LogP contribution in [-0.4, -0.2) is 45.7 Å². The summed E-state index contributed by atoms with van der Waals surface area (Å²) in [5.74, 6) is 2.51. The molecule has 26 heavy (non-hydrogen) atoms. The Kier molecular flexibility index (Phi) is 4.42. The minimum Gasteiger partial charge on any atom is -0.353 e. The lowest BCUT2D eigenvalue weighted by Crippen LogP contribution is -2.47. The molecule has 0 N–H and O–H groups in total. The number of imidazole rings is 1. The van der Waals surface area contributed by atoms with E-state index in [-0.39, 0.29) is 0 Å². The van der Waals surface area contributed by atoms with Gasteiger partial charge in [-0.25, -0.2) is 15.0 Å². The van der Waals surface area contributed by atoms with Crippen LogP contribution in [0, 0.1) is 11.3 Å². The number of hydrogen-bond acceptors (Lipinski definition) is 6. The van der Waals surface area contributed by atoms with Crippen LogP contribution in [0.25, 0.3) is 5.82 Å². The fourth-order valence-electron chi connectivity index (χ4n) is 3.00. The van der Waals surface area contributed by atoms with Crippen LogP contribution >= 0.6 is 11.6 Å². The molecule has 1 saturated heterocycles. The van der Waals surface area contributed by atoms with Gasteiger partial charge < -0.3 is 9.80 Å². The van der Waals surface area contributed by atoms with Gasteiger partial charge in [0.15, 0.2) is 0 Å². The third-order valence-corrected chi connectivity index (χ3v) is 4.62. The van der Waals surface area contributed by atoms with Crippen LogP contribution in [0.15, 0.2) is 49.2 Å². The highest BCUT2D eigenvalue weighted by Gasteiger charge is 2.21. The summed E-state index contributed by atoms with van der Waals surface area (Å²) in [7, 11) is 0. The zero-order valence-electron chi connectivity index (χ0n) is 14.0. The molecular formula is C18H16ClN7. The van der Waals surface area contributed by atoms with Crippen molar-refractivity contribution in [2.24, 2.45) is 0 Å². The molecule has 1 aliphatic rings. The highest BCUT2D eigenvalue weighted by molar-refractivity contribution is 6.33. The topological polar surface area (TPSA) is 73.9 Å². The second kappa shape index (κ2) is 7.02. The molecule has 3 aromatic rings. The van der Waals surface area contributed by atoms with Crippen molar-refractivity contribution in [3.63, 3.8) is 0 Å². The largest absolute Gasteiger partial charge is 0.353 e. The number of aromatic nitrogens is 4. The Balaban J connectivity index is 1.47. The fraction of sp³-hybridized carbons (Fsp3) is 0.222. The molecule has 7 nitrogen and oxygen atoms in total. The third kappa shape index (κ3) is 3.19. The van der Waals surface area contributed by atoms with Gasteiger partial charge in [-0.2, -0.15) is 5.26 Å². The maximum Gasteiger partial charge on any atom is 0.147 e. The molecule has 0 atom stereocenters. The first-order valence-electron chi connectivity index (χ1n) is 8.25. The van der Waals surface area contributed by atoms with E-state index in [1.807, 2.05) is 29.0 Å². The Morgan fingerprint density at radius 1 is 1.08 bits per heavy atom. The number of halogens is 1. The van der Waals surface area contributed by atoms with Crippen LogP contribution in [0.2, 0.25) is 5.02 Å². The number of piperazine rings is 1. The van der Waals surface area contributed by atoms with Crippen LogP contribution in [0.5, 0.6) is 0 Å². The van der Waals surface area contributed by atoms with Crippen molar-refractivity contribution < 1.29 is 0 Å². The fourth-order valence-corrected chi connectivity index (χ4v) is 3.28. The van der Waals surface area contributed by atoms with Gasteiger partial charge in [0.05, 0.1) is 10.6 Å². The van der Waals surface area contributed by atoms with Gasteiger partial charge in [0.1, 0.15) is 29.9 Å². The van der Waals surface area contributed by atoms with E-state index in [1.54, 1.807) is 24.8 Å². The summed E-state index contributed by atoms with van der Waals surface area (Å²) in [6.07, 6.45) is 6.91. The summed E-state index contributed by atoms with van der Waals surface area (Å²) in [6, 6.07) is 9.69.